The lowest BCUT2D eigenvalue weighted by atomic mass is 9.92. The van der Waals surface area contributed by atoms with E-state index in [1.54, 1.807) is 6.20 Å². The molecule has 0 radical (unpaired) electrons. The largest absolute Gasteiger partial charge is 0.328 e. The number of hydrogen-bond acceptors (Lipinski definition) is 4. The van der Waals surface area contributed by atoms with Gasteiger partial charge in [0, 0.05) is 18.1 Å². The van der Waals surface area contributed by atoms with Crippen molar-refractivity contribution in [2.24, 2.45) is 11.5 Å². The number of aromatic nitrogens is 1. The molecule has 0 bridgehead atoms. The molecular weight excluding hydrogens is 206 g/mol. The fourth-order valence-corrected chi connectivity index (χ4v) is 2.29. The van der Waals surface area contributed by atoms with Crippen LogP contribution in [0.15, 0.2) is 41.9 Å². The SMILES string of the molecule is NCC(N)(c1ccccc1)c1nccs1. The van der Waals surface area contributed by atoms with Crippen LogP contribution in [0.2, 0.25) is 0 Å². The Morgan fingerprint density at radius 3 is 2.53 bits per heavy atom. The van der Waals surface area contributed by atoms with Gasteiger partial charge in [0.1, 0.15) is 10.5 Å². The molecule has 0 fully saturated rings. The monoisotopic (exact) mass is 219 g/mol. The third kappa shape index (κ3) is 1.79. The van der Waals surface area contributed by atoms with Crippen molar-refractivity contribution in [3.8, 4) is 0 Å². The van der Waals surface area contributed by atoms with E-state index in [9.17, 15) is 0 Å². The molecule has 15 heavy (non-hydrogen) atoms. The third-order valence-electron chi connectivity index (χ3n) is 2.42. The molecule has 0 saturated carbocycles. The van der Waals surface area contributed by atoms with Crippen LogP contribution in [0.1, 0.15) is 10.6 Å². The Bertz CT molecular complexity index is 413. The predicted octanol–water partition coefficient (Wildman–Crippen LogP) is 1.30. The zero-order chi connectivity index (χ0) is 10.7. The summed E-state index contributed by atoms with van der Waals surface area (Å²) in [5.41, 5.74) is 12.4. The van der Waals surface area contributed by atoms with Crippen molar-refractivity contribution in [2.45, 2.75) is 5.54 Å². The second-order valence-electron chi connectivity index (χ2n) is 3.38. The van der Waals surface area contributed by atoms with E-state index in [1.807, 2.05) is 35.7 Å². The van der Waals surface area contributed by atoms with Crippen molar-refractivity contribution in [3.05, 3.63) is 52.5 Å². The van der Waals surface area contributed by atoms with Gasteiger partial charge >= 0.3 is 0 Å². The molecule has 1 aromatic heterocycles. The molecule has 0 aliphatic rings. The highest BCUT2D eigenvalue weighted by Gasteiger charge is 2.30. The van der Waals surface area contributed by atoms with Gasteiger partial charge in [-0.3, -0.25) is 0 Å². The van der Waals surface area contributed by atoms with Gasteiger partial charge in [-0.2, -0.15) is 0 Å². The quantitative estimate of drug-likeness (QED) is 0.818. The summed E-state index contributed by atoms with van der Waals surface area (Å²) in [7, 11) is 0. The first-order chi connectivity index (χ1) is 7.27. The van der Waals surface area contributed by atoms with Crippen LogP contribution in [-0.4, -0.2) is 11.5 Å². The molecule has 4 heteroatoms. The molecule has 0 spiro atoms. The second-order valence-corrected chi connectivity index (χ2v) is 4.27. The molecule has 0 saturated heterocycles. The fourth-order valence-electron chi connectivity index (χ4n) is 1.51. The minimum atomic E-state index is -0.657. The lowest BCUT2D eigenvalue weighted by Crippen LogP contribution is -2.44. The smallest absolute Gasteiger partial charge is 0.118 e. The van der Waals surface area contributed by atoms with Crippen molar-refractivity contribution in [1.29, 1.82) is 0 Å². The average Bonchev–Trinajstić information content (AvgIpc) is 2.83. The van der Waals surface area contributed by atoms with Crippen molar-refractivity contribution >= 4 is 11.3 Å². The number of hydrogen-bond donors (Lipinski definition) is 2. The van der Waals surface area contributed by atoms with Crippen LogP contribution in [0.5, 0.6) is 0 Å². The molecule has 1 aromatic carbocycles. The van der Waals surface area contributed by atoms with Crippen LogP contribution in [0, 0.1) is 0 Å². The highest BCUT2D eigenvalue weighted by molar-refractivity contribution is 7.09. The Kier molecular flexibility index (Phi) is 2.81. The topological polar surface area (TPSA) is 64.9 Å². The maximum Gasteiger partial charge on any atom is 0.118 e. The van der Waals surface area contributed by atoms with E-state index >= 15 is 0 Å². The van der Waals surface area contributed by atoms with Crippen molar-refractivity contribution in [3.63, 3.8) is 0 Å². The summed E-state index contributed by atoms with van der Waals surface area (Å²) in [5.74, 6) is 0. The second kappa shape index (κ2) is 4.10. The number of nitrogens with zero attached hydrogens (tertiary/aromatic N) is 1. The zero-order valence-electron chi connectivity index (χ0n) is 8.26. The number of rotatable bonds is 3. The van der Waals surface area contributed by atoms with Crippen molar-refractivity contribution < 1.29 is 0 Å². The summed E-state index contributed by atoms with van der Waals surface area (Å²) in [6.45, 7) is 0.352. The maximum absolute atomic E-state index is 6.31. The summed E-state index contributed by atoms with van der Waals surface area (Å²) >= 11 is 1.53. The Balaban J connectivity index is 2.47. The zero-order valence-corrected chi connectivity index (χ0v) is 9.08. The molecule has 0 aliphatic carbocycles. The Morgan fingerprint density at radius 2 is 2.00 bits per heavy atom. The van der Waals surface area contributed by atoms with Crippen molar-refractivity contribution in [2.75, 3.05) is 6.54 Å². The molecule has 2 aromatic rings. The van der Waals surface area contributed by atoms with Gasteiger partial charge in [-0.15, -0.1) is 11.3 Å². The molecule has 1 unspecified atom stereocenters. The molecule has 3 nitrogen and oxygen atoms in total. The van der Waals surface area contributed by atoms with Crippen LogP contribution in [-0.2, 0) is 5.54 Å². The standard InChI is InChI=1S/C11H13N3S/c12-8-11(13,10-14-6-7-15-10)9-4-2-1-3-5-9/h1-7H,8,12-13H2. The molecule has 0 amide bonds. The lowest BCUT2D eigenvalue weighted by molar-refractivity contribution is 0.548. The van der Waals surface area contributed by atoms with E-state index < -0.39 is 5.54 Å². The first-order valence-electron chi connectivity index (χ1n) is 4.72. The van der Waals surface area contributed by atoms with Gasteiger partial charge in [0.2, 0.25) is 0 Å². The fraction of sp³-hybridized carbons (Fsp3) is 0.182. The van der Waals surface area contributed by atoms with Gasteiger partial charge in [-0.1, -0.05) is 30.3 Å². The normalized spacial score (nSPS) is 14.8. The van der Waals surface area contributed by atoms with Crippen LogP contribution in [0.4, 0.5) is 0 Å². The highest BCUT2D eigenvalue weighted by atomic mass is 32.1. The first-order valence-corrected chi connectivity index (χ1v) is 5.60. The van der Waals surface area contributed by atoms with Gasteiger partial charge in [0.15, 0.2) is 0 Å². The number of benzene rings is 1. The van der Waals surface area contributed by atoms with E-state index in [-0.39, 0.29) is 0 Å². The van der Waals surface area contributed by atoms with Crippen LogP contribution < -0.4 is 11.5 Å². The van der Waals surface area contributed by atoms with E-state index in [4.69, 9.17) is 11.5 Å². The number of nitrogens with two attached hydrogens (primary N) is 2. The summed E-state index contributed by atoms with van der Waals surface area (Å²) in [5, 5.41) is 2.77. The molecular formula is C11H13N3S. The van der Waals surface area contributed by atoms with Gasteiger partial charge in [-0.05, 0) is 5.56 Å². The predicted molar refractivity (Wildman–Crippen MR) is 62.6 cm³/mol. The third-order valence-corrected chi connectivity index (χ3v) is 3.38. The van der Waals surface area contributed by atoms with E-state index in [0.717, 1.165) is 10.6 Å². The van der Waals surface area contributed by atoms with Crippen LogP contribution >= 0.6 is 11.3 Å². The average molecular weight is 219 g/mol. The molecule has 78 valence electrons. The van der Waals surface area contributed by atoms with Gasteiger partial charge in [0.25, 0.3) is 0 Å². The molecule has 2 rings (SSSR count). The molecule has 1 atom stereocenters. The minimum absolute atomic E-state index is 0.352. The lowest BCUT2D eigenvalue weighted by Gasteiger charge is -2.25. The van der Waals surface area contributed by atoms with Gasteiger partial charge in [0.05, 0.1) is 0 Å². The van der Waals surface area contributed by atoms with E-state index in [2.05, 4.69) is 4.98 Å². The Morgan fingerprint density at radius 1 is 1.27 bits per heavy atom. The first kappa shape index (κ1) is 10.3. The molecule has 0 aliphatic heterocycles. The van der Waals surface area contributed by atoms with Gasteiger partial charge in [-0.25, -0.2) is 4.98 Å². The van der Waals surface area contributed by atoms with Crippen LogP contribution in [0.3, 0.4) is 0 Å². The Hall–Kier alpha value is -1.23. The molecule has 4 N–H and O–H groups in total. The van der Waals surface area contributed by atoms with Crippen molar-refractivity contribution in [1.82, 2.24) is 4.98 Å². The van der Waals surface area contributed by atoms with E-state index in [0.29, 0.717) is 6.54 Å². The summed E-state index contributed by atoms with van der Waals surface area (Å²) < 4.78 is 0. The highest BCUT2D eigenvalue weighted by Crippen LogP contribution is 2.27. The van der Waals surface area contributed by atoms with E-state index in [1.165, 1.54) is 11.3 Å². The Labute approximate surface area is 92.8 Å². The summed E-state index contributed by atoms with van der Waals surface area (Å²) in [4.78, 5) is 4.25. The van der Waals surface area contributed by atoms with Gasteiger partial charge < -0.3 is 11.5 Å². The number of thiazole rings is 1. The van der Waals surface area contributed by atoms with Crippen LogP contribution in [0.25, 0.3) is 0 Å². The minimum Gasteiger partial charge on any atom is -0.328 e. The summed E-state index contributed by atoms with van der Waals surface area (Å²) in [6.07, 6.45) is 1.75. The molecule has 1 heterocycles. The summed E-state index contributed by atoms with van der Waals surface area (Å²) in [6, 6.07) is 9.84. The maximum atomic E-state index is 6.31.